The van der Waals surface area contributed by atoms with E-state index in [0.717, 1.165) is 29.8 Å². The summed E-state index contributed by atoms with van der Waals surface area (Å²) in [4.78, 5) is 16.0. The van der Waals surface area contributed by atoms with Gasteiger partial charge in [0.15, 0.2) is 5.96 Å². The van der Waals surface area contributed by atoms with Crippen molar-refractivity contribution in [2.45, 2.75) is 65.0 Å². The van der Waals surface area contributed by atoms with Crippen LogP contribution in [0.4, 0.5) is 0 Å². The molecular formula is C21H39IN6S. The Hall–Kier alpha value is -0.450. The number of hydrogen-bond donors (Lipinski definition) is 2. The smallest absolute Gasteiger partial charge is 0.191 e. The number of hydrogen-bond acceptors (Lipinski definition) is 5. The van der Waals surface area contributed by atoms with Crippen molar-refractivity contribution < 1.29 is 0 Å². The number of halogens is 1. The number of nitrogens with zero attached hydrogens (tertiary/aromatic N) is 4. The number of guanidine groups is 1. The summed E-state index contributed by atoms with van der Waals surface area (Å²) >= 11 is 1.76. The van der Waals surface area contributed by atoms with E-state index in [4.69, 9.17) is 4.99 Å². The van der Waals surface area contributed by atoms with Crippen LogP contribution in [-0.4, -0.2) is 72.6 Å². The first-order valence-electron chi connectivity index (χ1n) is 10.9. The molecule has 0 spiro atoms. The van der Waals surface area contributed by atoms with Crippen molar-refractivity contribution in [3.05, 3.63) is 15.6 Å². The molecule has 0 aromatic carbocycles. The summed E-state index contributed by atoms with van der Waals surface area (Å²) in [5.74, 6) is 0.920. The maximum Gasteiger partial charge on any atom is 0.191 e. The van der Waals surface area contributed by atoms with Gasteiger partial charge in [-0.25, -0.2) is 9.98 Å². The van der Waals surface area contributed by atoms with Crippen LogP contribution in [0, 0.1) is 13.8 Å². The number of nitrogens with one attached hydrogen (secondary N) is 2. The molecule has 166 valence electrons. The van der Waals surface area contributed by atoms with Crippen molar-refractivity contribution in [2.24, 2.45) is 4.99 Å². The van der Waals surface area contributed by atoms with Crippen molar-refractivity contribution >= 4 is 41.3 Å². The molecule has 3 heterocycles. The molecule has 0 radical (unpaired) electrons. The van der Waals surface area contributed by atoms with E-state index in [9.17, 15) is 0 Å². The van der Waals surface area contributed by atoms with E-state index < -0.39 is 0 Å². The van der Waals surface area contributed by atoms with E-state index in [-0.39, 0.29) is 29.5 Å². The van der Waals surface area contributed by atoms with Crippen LogP contribution in [0.25, 0.3) is 0 Å². The van der Waals surface area contributed by atoms with Crippen molar-refractivity contribution in [3.8, 4) is 0 Å². The molecule has 1 aromatic rings. The summed E-state index contributed by atoms with van der Waals surface area (Å²) in [5.41, 5.74) is 1.39. The van der Waals surface area contributed by atoms with E-state index in [1.807, 2.05) is 0 Å². The molecule has 0 atom stereocenters. The zero-order valence-electron chi connectivity index (χ0n) is 18.6. The predicted octanol–water partition coefficient (Wildman–Crippen LogP) is 3.38. The zero-order chi connectivity index (χ0) is 20.0. The van der Waals surface area contributed by atoms with Crippen molar-refractivity contribution in [3.63, 3.8) is 0 Å². The lowest BCUT2D eigenvalue weighted by atomic mass is 9.84. The maximum absolute atomic E-state index is 4.83. The normalized spacial score (nSPS) is 20.9. The molecule has 2 saturated heterocycles. The molecule has 0 saturated carbocycles. The minimum absolute atomic E-state index is 0. The van der Waals surface area contributed by atoms with E-state index in [2.05, 4.69) is 53.2 Å². The van der Waals surface area contributed by atoms with Crippen LogP contribution in [0.3, 0.4) is 0 Å². The van der Waals surface area contributed by atoms with Crippen LogP contribution in [0.5, 0.6) is 0 Å². The third-order valence-corrected chi connectivity index (χ3v) is 7.38. The molecule has 2 fully saturated rings. The van der Waals surface area contributed by atoms with Gasteiger partial charge in [0.1, 0.15) is 5.01 Å². The molecule has 2 aliphatic heterocycles. The highest BCUT2D eigenvalue weighted by atomic mass is 127. The van der Waals surface area contributed by atoms with Gasteiger partial charge in [0, 0.05) is 23.5 Å². The fourth-order valence-corrected chi connectivity index (χ4v) is 5.21. The van der Waals surface area contributed by atoms with Gasteiger partial charge in [-0.2, -0.15) is 0 Å². The highest BCUT2D eigenvalue weighted by Gasteiger charge is 2.39. The van der Waals surface area contributed by atoms with Gasteiger partial charge in [-0.15, -0.1) is 35.3 Å². The number of piperidine rings is 2. The Kier molecular flexibility index (Phi) is 10.1. The molecule has 6 nitrogen and oxygen atoms in total. The van der Waals surface area contributed by atoms with Gasteiger partial charge in [0.05, 0.1) is 12.2 Å². The van der Waals surface area contributed by atoms with Crippen LogP contribution < -0.4 is 10.6 Å². The molecule has 1 aromatic heterocycles. The second kappa shape index (κ2) is 11.8. The van der Waals surface area contributed by atoms with Crippen LogP contribution in [0.15, 0.2) is 4.99 Å². The molecule has 0 unspecified atom stereocenters. The second-order valence-electron chi connectivity index (χ2n) is 8.37. The molecule has 0 aliphatic carbocycles. The number of rotatable bonds is 6. The van der Waals surface area contributed by atoms with Gasteiger partial charge in [-0.3, -0.25) is 4.90 Å². The van der Waals surface area contributed by atoms with Crippen molar-refractivity contribution in [2.75, 3.05) is 46.3 Å². The fourth-order valence-electron chi connectivity index (χ4n) is 4.35. The highest BCUT2D eigenvalue weighted by Crippen LogP contribution is 2.30. The molecular weight excluding hydrogens is 495 g/mol. The third-order valence-electron chi connectivity index (χ3n) is 6.32. The number of thiazole rings is 1. The standard InChI is InChI=1S/C21H38N6S.HI/c1-5-22-20(23-15-19-25-17(2)18(3)28-19)24-16-21(9-13-26(4)14-10-21)27-11-7-6-8-12-27;/h5-16H2,1-4H3,(H2,22,23,24);1H. The van der Waals surface area contributed by atoms with Gasteiger partial charge in [-0.1, -0.05) is 6.42 Å². The third kappa shape index (κ3) is 6.77. The Balaban J connectivity index is 0.00000300. The summed E-state index contributed by atoms with van der Waals surface area (Å²) < 4.78 is 0. The quantitative estimate of drug-likeness (QED) is 0.333. The summed E-state index contributed by atoms with van der Waals surface area (Å²) in [6.45, 7) is 13.7. The molecule has 3 rings (SSSR count). The van der Waals surface area contributed by atoms with Crippen LogP contribution in [0.2, 0.25) is 0 Å². The first-order valence-corrected chi connectivity index (χ1v) is 11.7. The monoisotopic (exact) mass is 534 g/mol. The van der Waals surface area contributed by atoms with Gasteiger partial charge in [0.2, 0.25) is 0 Å². The van der Waals surface area contributed by atoms with Gasteiger partial charge >= 0.3 is 0 Å². The Morgan fingerprint density at radius 2 is 1.79 bits per heavy atom. The summed E-state index contributed by atoms with van der Waals surface area (Å²) in [5, 5.41) is 8.21. The van der Waals surface area contributed by atoms with Gasteiger partial charge in [-0.05, 0) is 79.7 Å². The largest absolute Gasteiger partial charge is 0.357 e. The van der Waals surface area contributed by atoms with E-state index in [1.165, 1.54) is 63.2 Å². The summed E-state index contributed by atoms with van der Waals surface area (Å²) in [7, 11) is 2.25. The van der Waals surface area contributed by atoms with Crippen molar-refractivity contribution in [1.29, 1.82) is 0 Å². The predicted molar refractivity (Wildman–Crippen MR) is 135 cm³/mol. The average molecular weight is 535 g/mol. The lowest BCUT2D eigenvalue weighted by molar-refractivity contribution is 0.0173. The molecule has 0 bridgehead atoms. The Labute approximate surface area is 198 Å². The maximum atomic E-state index is 4.83. The van der Waals surface area contributed by atoms with Crippen LogP contribution in [0.1, 0.15) is 54.6 Å². The molecule has 8 heteroatoms. The first kappa shape index (κ1) is 24.8. The number of aryl methyl sites for hydroxylation is 2. The fraction of sp³-hybridized carbons (Fsp3) is 0.810. The van der Waals surface area contributed by atoms with Crippen LogP contribution >= 0.6 is 35.3 Å². The van der Waals surface area contributed by atoms with Gasteiger partial charge in [0.25, 0.3) is 0 Å². The number of aliphatic imine (C=N–C) groups is 1. The minimum Gasteiger partial charge on any atom is -0.357 e. The van der Waals surface area contributed by atoms with Crippen molar-refractivity contribution in [1.82, 2.24) is 25.4 Å². The molecule has 29 heavy (non-hydrogen) atoms. The van der Waals surface area contributed by atoms with Crippen LogP contribution in [-0.2, 0) is 6.54 Å². The lowest BCUT2D eigenvalue weighted by Gasteiger charge is -2.50. The topological polar surface area (TPSA) is 55.8 Å². The Morgan fingerprint density at radius 1 is 1.10 bits per heavy atom. The molecule has 2 aliphatic rings. The second-order valence-corrected chi connectivity index (χ2v) is 9.66. The highest BCUT2D eigenvalue weighted by molar-refractivity contribution is 14.0. The van der Waals surface area contributed by atoms with E-state index in [1.54, 1.807) is 11.3 Å². The number of likely N-dealkylation sites (tertiary alicyclic amines) is 2. The summed E-state index contributed by atoms with van der Waals surface area (Å²) in [6, 6.07) is 0. The Morgan fingerprint density at radius 3 is 2.38 bits per heavy atom. The zero-order valence-corrected chi connectivity index (χ0v) is 21.7. The lowest BCUT2D eigenvalue weighted by Crippen LogP contribution is -2.62. The minimum atomic E-state index is 0. The SMILES string of the molecule is CCNC(=NCc1nc(C)c(C)s1)NCC1(N2CCCCC2)CCN(C)CC1.I. The average Bonchev–Trinajstić information content (AvgIpc) is 3.04. The molecule has 0 amide bonds. The van der Waals surface area contributed by atoms with E-state index >= 15 is 0 Å². The first-order chi connectivity index (χ1) is 13.5. The summed E-state index contributed by atoms with van der Waals surface area (Å²) in [6.07, 6.45) is 6.54. The Bertz CT molecular complexity index is 628. The van der Waals surface area contributed by atoms with E-state index in [0.29, 0.717) is 6.54 Å². The number of aromatic nitrogens is 1. The molecule has 2 N–H and O–H groups in total. The van der Waals surface area contributed by atoms with Gasteiger partial charge < -0.3 is 15.5 Å².